The molecule has 0 radical (unpaired) electrons. The van der Waals surface area contributed by atoms with Gasteiger partial charge in [-0.1, -0.05) is 17.7 Å². The van der Waals surface area contributed by atoms with Crippen LogP contribution in [0.15, 0.2) is 38.3 Å². The number of phenols is 1. The maximum atomic E-state index is 12.7. The van der Waals surface area contributed by atoms with Crippen LogP contribution < -0.4 is 11.2 Å². The minimum Gasteiger partial charge on any atom is -0.506 e. The third kappa shape index (κ3) is 3.11. The van der Waals surface area contributed by atoms with Crippen LogP contribution in [0.1, 0.15) is 47.6 Å². The third-order valence-corrected chi connectivity index (χ3v) is 7.76. The van der Waals surface area contributed by atoms with E-state index in [1.807, 2.05) is 16.7 Å². The predicted molar refractivity (Wildman–Crippen MR) is 123 cm³/mol. The van der Waals surface area contributed by atoms with Gasteiger partial charge in [0.2, 0.25) is 0 Å². The first-order valence-corrected chi connectivity index (χ1v) is 11.8. The summed E-state index contributed by atoms with van der Waals surface area (Å²) >= 11 is 6.45. The second-order valence-corrected chi connectivity index (χ2v) is 9.92. The molecule has 7 heteroatoms. The molecule has 2 aromatic heterocycles. The maximum absolute atomic E-state index is 12.7. The van der Waals surface area contributed by atoms with E-state index >= 15 is 0 Å². The van der Waals surface area contributed by atoms with E-state index in [9.17, 15) is 14.7 Å². The Bertz CT molecular complexity index is 1360. The first-order valence-electron chi connectivity index (χ1n) is 11.4. The van der Waals surface area contributed by atoms with Crippen LogP contribution in [0.25, 0.3) is 11.0 Å². The summed E-state index contributed by atoms with van der Waals surface area (Å²) in [7, 11) is 0. The number of pyridine rings is 1. The number of aromatic nitrogens is 1. The molecule has 1 saturated heterocycles. The van der Waals surface area contributed by atoms with Gasteiger partial charge in [-0.2, -0.15) is 0 Å². The fourth-order valence-electron chi connectivity index (χ4n) is 6.09. The van der Waals surface area contributed by atoms with Gasteiger partial charge < -0.3 is 14.1 Å². The van der Waals surface area contributed by atoms with Gasteiger partial charge in [0.05, 0.1) is 10.6 Å². The summed E-state index contributed by atoms with van der Waals surface area (Å²) < 4.78 is 7.70. The lowest BCUT2D eigenvalue weighted by Crippen LogP contribution is -2.46. The van der Waals surface area contributed by atoms with Gasteiger partial charge in [0.25, 0.3) is 5.56 Å². The average Bonchev–Trinajstić information content (AvgIpc) is 2.79. The first-order chi connectivity index (χ1) is 15.5. The van der Waals surface area contributed by atoms with Crippen LogP contribution in [0.4, 0.5) is 0 Å². The molecule has 2 bridgehead atoms. The van der Waals surface area contributed by atoms with Gasteiger partial charge in [-0.3, -0.25) is 9.69 Å². The van der Waals surface area contributed by atoms with Crippen LogP contribution in [0.2, 0.25) is 5.02 Å². The Morgan fingerprint density at radius 2 is 1.91 bits per heavy atom. The molecule has 2 atom stereocenters. The molecule has 1 N–H and O–H groups in total. The number of benzene rings is 1. The highest BCUT2D eigenvalue weighted by atomic mass is 35.5. The summed E-state index contributed by atoms with van der Waals surface area (Å²) in [5.41, 5.74) is 3.68. The van der Waals surface area contributed by atoms with Crippen LogP contribution in [-0.4, -0.2) is 27.7 Å². The Balaban J connectivity index is 1.41. The molecular formula is C25H25ClN2O4. The molecule has 6 nitrogen and oxygen atoms in total. The van der Waals surface area contributed by atoms with E-state index in [-0.39, 0.29) is 22.9 Å². The summed E-state index contributed by atoms with van der Waals surface area (Å²) in [6.07, 6.45) is 4.65. The third-order valence-electron chi connectivity index (χ3n) is 7.47. The van der Waals surface area contributed by atoms with Gasteiger partial charge in [0.1, 0.15) is 11.3 Å². The van der Waals surface area contributed by atoms with Crippen molar-refractivity contribution in [1.29, 1.82) is 0 Å². The lowest BCUT2D eigenvalue weighted by molar-refractivity contribution is 0.113. The Kier molecular flexibility index (Phi) is 4.70. The van der Waals surface area contributed by atoms with Crippen LogP contribution in [-0.2, 0) is 25.9 Å². The van der Waals surface area contributed by atoms with Crippen molar-refractivity contribution >= 4 is 22.6 Å². The van der Waals surface area contributed by atoms with Crippen molar-refractivity contribution in [2.45, 2.75) is 51.1 Å². The first kappa shape index (κ1) is 20.1. The van der Waals surface area contributed by atoms with Gasteiger partial charge >= 0.3 is 5.63 Å². The van der Waals surface area contributed by atoms with E-state index < -0.39 is 0 Å². The van der Waals surface area contributed by atoms with E-state index in [1.54, 1.807) is 12.1 Å². The van der Waals surface area contributed by atoms with E-state index in [4.69, 9.17) is 16.0 Å². The number of likely N-dealkylation sites (tertiary alicyclic amines) is 1. The van der Waals surface area contributed by atoms with E-state index in [2.05, 4.69) is 4.90 Å². The molecule has 32 heavy (non-hydrogen) atoms. The molecule has 1 aliphatic carbocycles. The number of aryl methyl sites for hydroxylation is 1. The van der Waals surface area contributed by atoms with Crippen LogP contribution in [0, 0.1) is 5.92 Å². The molecule has 3 aromatic rings. The number of rotatable bonds is 2. The monoisotopic (exact) mass is 452 g/mol. The molecule has 4 heterocycles. The number of phenolic OH excluding ortho intramolecular Hbond substituents is 1. The SMILES string of the molecule is O=c1oc2c(CN3CC4CC(C3)c3cccc(=O)n3C4)c(O)c(Cl)cc2c2c1CCCC2. The summed E-state index contributed by atoms with van der Waals surface area (Å²) in [5, 5.41) is 12.0. The molecule has 0 saturated carbocycles. The van der Waals surface area contributed by atoms with Gasteiger partial charge in [-0.25, -0.2) is 4.79 Å². The molecule has 0 amide bonds. The highest BCUT2D eigenvalue weighted by molar-refractivity contribution is 6.33. The quantitative estimate of drug-likeness (QED) is 0.598. The average molecular weight is 453 g/mol. The molecule has 2 unspecified atom stereocenters. The predicted octanol–water partition coefficient (Wildman–Crippen LogP) is 3.81. The highest BCUT2D eigenvalue weighted by Crippen LogP contribution is 2.40. The topological polar surface area (TPSA) is 75.7 Å². The van der Waals surface area contributed by atoms with Crippen molar-refractivity contribution in [3.05, 3.63) is 72.4 Å². The van der Waals surface area contributed by atoms with Crippen molar-refractivity contribution in [3.63, 3.8) is 0 Å². The molecule has 1 fully saturated rings. The van der Waals surface area contributed by atoms with Crippen molar-refractivity contribution in [3.8, 4) is 5.75 Å². The number of nitrogens with zero attached hydrogens (tertiary/aromatic N) is 2. The Hall–Kier alpha value is -2.57. The zero-order chi connectivity index (χ0) is 22.0. The van der Waals surface area contributed by atoms with Crippen molar-refractivity contribution < 1.29 is 9.52 Å². The molecule has 0 spiro atoms. The fraction of sp³-hybridized carbons (Fsp3) is 0.440. The van der Waals surface area contributed by atoms with Crippen LogP contribution >= 0.6 is 11.6 Å². The maximum Gasteiger partial charge on any atom is 0.339 e. The van der Waals surface area contributed by atoms with Crippen molar-refractivity contribution in [2.75, 3.05) is 13.1 Å². The summed E-state index contributed by atoms with van der Waals surface area (Å²) in [6.45, 7) is 2.77. The number of fused-ring (bicyclic) bond motifs is 7. The molecule has 6 rings (SSSR count). The largest absolute Gasteiger partial charge is 0.506 e. The fourth-order valence-corrected chi connectivity index (χ4v) is 6.32. The molecule has 3 aliphatic rings. The van der Waals surface area contributed by atoms with Crippen LogP contribution in [0.3, 0.4) is 0 Å². The Labute approximate surface area is 190 Å². The smallest absolute Gasteiger partial charge is 0.339 e. The van der Waals surface area contributed by atoms with Gasteiger partial charge in [-0.05, 0) is 55.7 Å². The standard InChI is InChI=1S/C25H25ClN2O4/c26-20-9-18-16-4-1-2-5-17(16)25(31)32-24(18)19(23(20)30)13-27-10-14-8-15(12-27)21-6-3-7-22(29)28(21)11-14/h3,6-7,9,14-15,30H,1-2,4-5,8,10-13H2. The Morgan fingerprint density at radius 1 is 1.09 bits per heavy atom. The lowest BCUT2D eigenvalue weighted by atomic mass is 9.83. The lowest BCUT2D eigenvalue weighted by Gasteiger charge is -2.42. The van der Waals surface area contributed by atoms with E-state index in [0.29, 0.717) is 35.2 Å². The summed E-state index contributed by atoms with van der Waals surface area (Å²) in [5.74, 6) is 0.628. The van der Waals surface area contributed by atoms with Gasteiger partial charge in [0, 0.05) is 54.8 Å². The van der Waals surface area contributed by atoms with Crippen molar-refractivity contribution in [1.82, 2.24) is 9.47 Å². The van der Waals surface area contributed by atoms with E-state index in [0.717, 1.165) is 67.4 Å². The second-order valence-electron chi connectivity index (χ2n) is 9.51. The number of halogens is 1. The minimum atomic E-state index is -0.293. The zero-order valence-electron chi connectivity index (χ0n) is 17.8. The van der Waals surface area contributed by atoms with E-state index in [1.165, 1.54) is 0 Å². The number of hydrogen-bond donors (Lipinski definition) is 1. The highest BCUT2D eigenvalue weighted by Gasteiger charge is 2.35. The van der Waals surface area contributed by atoms with Gasteiger partial charge in [-0.15, -0.1) is 0 Å². The second kappa shape index (κ2) is 7.49. The molecule has 2 aliphatic heterocycles. The summed E-state index contributed by atoms with van der Waals surface area (Å²) in [6, 6.07) is 7.25. The number of piperidine rings is 1. The number of hydrogen-bond acceptors (Lipinski definition) is 5. The normalized spacial score (nSPS) is 22.5. The zero-order valence-corrected chi connectivity index (χ0v) is 18.5. The molecule has 166 valence electrons. The summed E-state index contributed by atoms with van der Waals surface area (Å²) in [4.78, 5) is 27.3. The Morgan fingerprint density at radius 3 is 2.75 bits per heavy atom. The number of aromatic hydroxyl groups is 1. The van der Waals surface area contributed by atoms with Gasteiger partial charge in [0.15, 0.2) is 0 Å². The van der Waals surface area contributed by atoms with Crippen LogP contribution in [0.5, 0.6) is 5.75 Å². The van der Waals surface area contributed by atoms with Crippen molar-refractivity contribution in [2.24, 2.45) is 5.92 Å². The molecule has 1 aromatic carbocycles. The minimum absolute atomic E-state index is 0.00886. The molecular weight excluding hydrogens is 428 g/mol.